The standard InChI is InChI=1S/2C8H15N2.2C2H4O2/c2*1-3-4-5-10-7-6-9(2)8-10;2*1-2(3)4/h2*6-8H,3-5H2,1-2H3;2*1H3,(H,3,4)/q2*+1;;/p-2. The Morgan fingerprint density at radius 1 is 0.786 bits per heavy atom. The molecule has 8 nitrogen and oxygen atoms in total. The number of rotatable bonds is 6. The molecule has 0 amide bonds. The van der Waals surface area contributed by atoms with Gasteiger partial charge in [0.15, 0.2) is 0 Å². The Balaban J connectivity index is 0. The average molecular weight is 397 g/mol. The van der Waals surface area contributed by atoms with E-state index in [-0.39, 0.29) is 0 Å². The van der Waals surface area contributed by atoms with E-state index in [1.54, 1.807) is 0 Å². The van der Waals surface area contributed by atoms with Crippen LogP contribution in [0.3, 0.4) is 0 Å². The number of carboxylic acid groups (broad SMARTS) is 2. The second-order valence-electron chi connectivity index (χ2n) is 6.32. The summed E-state index contributed by atoms with van der Waals surface area (Å²) in [5.74, 6) is -2.17. The molecule has 28 heavy (non-hydrogen) atoms. The molecule has 8 heteroatoms. The molecule has 2 rings (SSSR count). The Morgan fingerprint density at radius 2 is 1.07 bits per heavy atom. The lowest BCUT2D eigenvalue weighted by atomic mass is 10.3. The molecule has 2 aromatic heterocycles. The summed E-state index contributed by atoms with van der Waals surface area (Å²) in [6.07, 6.45) is 17.6. The Labute approximate surface area is 168 Å². The molecule has 0 atom stereocenters. The van der Waals surface area contributed by atoms with E-state index in [0.29, 0.717) is 0 Å². The molecule has 0 bridgehead atoms. The summed E-state index contributed by atoms with van der Waals surface area (Å²) in [7, 11) is 4.09. The highest BCUT2D eigenvalue weighted by Gasteiger charge is 1.97. The first-order valence-electron chi connectivity index (χ1n) is 9.49. The van der Waals surface area contributed by atoms with Gasteiger partial charge in [0.2, 0.25) is 12.7 Å². The van der Waals surface area contributed by atoms with E-state index in [1.807, 2.05) is 14.1 Å². The first-order valence-corrected chi connectivity index (χ1v) is 9.49. The Kier molecular flexibility index (Phi) is 17.5. The normalized spacial score (nSPS) is 9.07. The van der Waals surface area contributed by atoms with Crippen LogP contribution in [0, 0.1) is 0 Å². The van der Waals surface area contributed by atoms with Crippen LogP contribution >= 0.6 is 0 Å². The van der Waals surface area contributed by atoms with Gasteiger partial charge in [0, 0.05) is 11.9 Å². The number of carbonyl (C=O) groups excluding carboxylic acids is 2. The Bertz CT molecular complexity index is 586. The van der Waals surface area contributed by atoms with Gasteiger partial charge in [-0.25, -0.2) is 18.3 Å². The molecule has 0 spiro atoms. The Morgan fingerprint density at radius 3 is 1.25 bits per heavy atom. The van der Waals surface area contributed by atoms with Gasteiger partial charge in [0.1, 0.15) is 24.8 Å². The number of imidazole rings is 2. The van der Waals surface area contributed by atoms with E-state index in [1.165, 1.54) is 25.7 Å². The molecule has 0 saturated heterocycles. The summed E-state index contributed by atoms with van der Waals surface area (Å²) in [5.41, 5.74) is 0. The van der Waals surface area contributed by atoms with Gasteiger partial charge in [0.25, 0.3) is 0 Å². The third kappa shape index (κ3) is 21.4. The molecule has 0 radical (unpaired) electrons. The van der Waals surface area contributed by atoms with Crippen molar-refractivity contribution in [3.63, 3.8) is 0 Å². The lowest BCUT2D eigenvalue weighted by Crippen LogP contribution is -2.23. The molecular formula is C20H36N4O4. The fourth-order valence-corrected chi connectivity index (χ4v) is 1.95. The minimum absolute atomic E-state index is 0.972. The van der Waals surface area contributed by atoms with Crippen molar-refractivity contribution in [1.29, 1.82) is 0 Å². The highest BCUT2D eigenvalue weighted by Crippen LogP contribution is 1.92. The molecule has 160 valence electrons. The van der Waals surface area contributed by atoms with Gasteiger partial charge < -0.3 is 19.8 Å². The third-order valence-electron chi connectivity index (χ3n) is 3.19. The maximum Gasteiger partial charge on any atom is 0.243 e. The van der Waals surface area contributed by atoms with Gasteiger partial charge in [-0.2, -0.15) is 0 Å². The summed E-state index contributed by atoms with van der Waals surface area (Å²) in [4.78, 5) is 17.8. The second kappa shape index (κ2) is 17.8. The van der Waals surface area contributed by atoms with Crippen LogP contribution in [0.1, 0.15) is 53.4 Å². The van der Waals surface area contributed by atoms with Gasteiger partial charge in [0.05, 0.1) is 27.2 Å². The molecule has 0 aliphatic heterocycles. The topological polar surface area (TPSA) is 97.9 Å². The molecule has 0 unspecified atom stereocenters. The largest absolute Gasteiger partial charge is 0.550 e. The first-order chi connectivity index (χ1) is 13.1. The third-order valence-corrected chi connectivity index (χ3v) is 3.19. The molecule has 0 aliphatic rings. The molecular weight excluding hydrogens is 360 g/mol. The monoisotopic (exact) mass is 396 g/mol. The highest BCUT2D eigenvalue weighted by atomic mass is 16.4. The summed E-state index contributed by atoms with van der Waals surface area (Å²) in [5, 5.41) is 17.8. The molecule has 0 fully saturated rings. The molecule has 2 heterocycles. The zero-order chi connectivity index (χ0) is 21.9. The van der Waals surface area contributed by atoms with Gasteiger partial charge >= 0.3 is 0 Å². The number of nitrogens with zero attached hydrogens (tertiary/aromatic N) is 4. The van der Waals surface area contributed by atoms with Crippen LogP contribution < -0.4 is 19.3 Å². The lowest BCUT2D eigenvalue weighted by molar-refractivity contribution is -0.671. The smallest absolute Gasteiger partial charge is 0.243 e. The van der Waals surface area contributed by atoms with E-state index in [0.717, 1.165) is 26.9 Å². The molecule has 0 saturated carbocycles. The van der Waals surface area contributed by atoms with Crippen LogP contribution in [-0.2, 0) is 36.8 Å². The second-order valence-corrected chi connectivity index (χ2v) is 6.32. The van der Waals surface area contributed by atoms with Crippen molar-refractivity contribution in [2.24, 2.45) is 14.1 Å². The summed E-state index contributed by atoms with van der Waals surface area (Å²) >= 11 is 0. The molecule has 0 aromatic carbocycles. The Hall–Kier alpha value is -2.64. The maximum absolute atomic E-state index is 8.89. The van der Waals surface area contributed by atoms with Crippen molar-refractivity contribution in [3.8, 4) is 0 Å². The van der Waals surface area contributed by atoms with E-state index in [2.05, 4.69) is 69.6 Å². The zero-order valence-corrected chi connectivity index (χ0v) is 18.1. The number of unbranched alkanes of at least 4 members (excludes halogenated alkanes) is 2. The quantitative estimate of drug-likeness (QED) is 0.628. The summed E-state index contributed by atoms with van der Waals surface area (Å²) in [6, 6.07) is 0. The van der Waals surface area contributed by atoms with Crippen molar-refractivity contribution >= 4 is 11.9 Å². The van der Waals surface area contributed by atoms with E-state index >= 15 is 0 Å². The van der Waals surface area contributed by atoms with Crippen LogP contribution in [-0.4, -0.2) is 21.1 Å². The van der Waals surface area contributed by atoms with E-state index < -0.39 is 11.9 Å². The summed E-state index contributed by atoms with van der Waals surface area (Å²) < 4.78 is 8.55. The van der Waals surface area contributed by atoms with Crippen molar-refractivity contribution in [1.82, 2.24) is 9.13 Å². The van der Waals surface area contributed by atoms with E-state index in [9.17, 15) is 0 Å². The van der Waals surface area contributed by atoms with Crippen LogP contribution in [0.4, 0.5) is 0 Å². The fourth-order valence-electron chi connectivity index (χ4n) is 1.95. The lowest BCUT2D eigenvalue weighted by Gasteiger charge is -1.90. The van der Waals surface area contributed by atoms with Crippen molar-refractivity contribution in [2.75, 3.05) is 0 Å². The van der Waals surface area contributed by atoms with Crippen LogP contribution in [0.2, 0.25) is 0 Å². The molecule has 2 aromatic rings. The van der Waals surface area contributed by atoms with E-state index in [4.69, 9.17) is 19.8 Å². The maximum atomic E-state index is 8.89. The predicted octanol–water partition coefficient (Wildman–Crippen LogP) is -0.262. The zero-order valence-electron chi connectivity index (χ0n) is 18.1. The van der Waals surface area contributed by atoms with Crippen molar-refractivity contribution in [2.45, 2.75) is 66.5 Å². The number of aliphatic carboxylic acids is 2. The van der Waals surface area contributed by atoms with Gasteiger partial charge in [-0.1, -0.05) is 26.7 Å². The fraction of sp³-hybridized carbons (Fsp3) is 0.600. The molecule has 0 aliphatic carbocycles. The van der Waals surface area contributed by atoms with Crippen molar-refractivity contribution in [3.05, 3.63) is 37.4 Å². The number of hydrogen-bond donors (Lipinski definition) is 0. The number of hydrogen-bond acceptors (Lipinski definition) is 4. The minimum atomic E-state index is -1.08. The van der Waals surface area contributed by atoms with Crippen molar-refractivity contribution < 1.29 is 28.9 Å². The SMILES string of the molecule is CC(=O)[O-].CC(=O)[O-].CCCCn1cc[n+](C)c1.CCCCn1cc[n+](C)c1. The number of carbonyl (C=O) groups is 2. The van der Waals surface area contributed by atoms with Gasteiger partial charge in [-0.15, -0.1) is 0 Å². The number of aryl methyl sites for hydroxylation is 4. The minimum Gasteiger partial charge on any atom is -0.550 e. The van der Waals surface area contributed by atoms with Crippen LogP contribution in [0.25, 0.3) is 0 Å². The number of carboxylic acids is 2. The van der Waals surface area contributed by atoms with Crippen LogP contribution in [0.15, 0.2) is 37.4 Å². The molecule has 0 N–H and O–H groups in total. The number of aromatic nitrogens is 4. The average Bonchev–Trinajstić information content (AvgIpc) is 3.19. The highest BCUT2D eigenvalue weighted by molar-refractivity contribution is 5.60. The first kappa shape index (κ1) is 27.6. The van der Waals surface area contributed by atoms with Gasteiger partial charge in [-0.05, 0) is 26.7 Å². The van der Waals surface area contributed by atoms with Gasteiger partial charge in [-0.3, -0.25) is 0 Å². The predicted molar refractivity (Wildman–Crippen MR) is 102 cm³/mol. The summed E-state index contributed by atoms with van der Waals surface area (Å²) in [6.45, 7) is 8.67. The van der Waals surface area contributed by atoms with Crippen LogP contribution in [0.5, 0.6) is 0 Å².